The molecule has 0 fully saturated rings. The summed E-state index contributed by atoms with van der Waals surface area (Å²) in [5.74, 6) is 0.562. The van der Waals surface area contributed by atoms with Gasteiger partial charge in [0.25, 0.3) is 5.56 Å². The van der Waals surface area contributed by atoms with E-state index in [0.717, 1.165) is 5.75 Å². The van der Waals surface area contributed by atoms with Crippen LogP contribution in [0, 0.1) is 0 Å². The second-order valence-corrected chi connectivity index (χ2v) is 6.55. The van der Waals surface area contributed by atoms with Gasteiger partial charge in [0.2, 0.25) is 5.91 Å². The van der Waals surface area contributed by atoms with Crippen molar-refractivity contribution in [3.05, 3.63) is 69.7 Å². The van der Waals surface area contributed by atoms with Gasteiger partial charge in [-0.3, -0.25) is 18.9 Å². The number of benzene rings is 1. The SMILES string of the molecule is COc1ccc(NC(=O)CN(C)Cc2cc(=O)n3cc(Cl)ccc3n2)cc1. The lowest BCUT2D eigenvalue weighted by Crippen LogP contribution is -2.30. The highest BCUT2D eigenvalue weighted by Gasteiger charge is 2.10. The molecule has 0 saturated heterocycles. The zero-order valence-corrected chi connectivity index (χ0v) is 15.7. The predicted molar refractivity (Wildman–Crippen MR) is 104 cm³/mol. The number of carbonyl (C=O) groups is 1. The topological polar surface area (TPSA) is 75.9 Å². The average Bonchev–Trinajstić information content (AvgIpc) is 2.63. The number of aromatic nitrogens is 2. The first kappa shape index (κ1) is 18.9. The number of nitrogens with one attached hydrogen (secondary N) is 1. The smallest absolute Gasteiger partial charge is 0.258 e. The van der Waals surface area contributed by atoms with Crippen LogP contribution < -0.4 is 15.6 Å². The fourth-order valence-electron chi connectivity index (χ4n) is 2.66. The van der Waals surface area contributed by atoms with Crippen molar-refractivity contribution >= 4 is 28.8 Å². The molecule has 1 N–H and O–H groups in total. The molecule has 3 aromatic rings. The maximum atomic E-state index is 12.2. The van der Waals surface area contributed by atoms with Crippen LogP contribution in [0.1, 0.15) is 5.69 Å². The normalized spacial score (nSPS) is 11.0. The lowest BCUT2D eigenvalue weighted by Gasteiger charge is -2.16. The summed E-state index contributed by atoms with van der Waals surface area (Å²) in [6.07, 6.45) is 1.53. The number of methoxy groups -OCH3 is 1. The molecule has 8 heteroatoms. The monoisotopic (exact) mass is 386 g/mol. The van der Waals surface area contributed by atoms with E-state index < -0.39 is 0 Å². The molecule has 0 saturated carbocycles. The molecule has 1 aromatic carbocycles. The highest BCUT2D eigenvalue weighted by Crippen LogP contribution is 2.15. The van der Waals surface area contributed by atoms with E-state index in [0.29, 0.717) is 28.6 Å². The number of pyridine rings is 1. The number of hydrogen-bond donors (Lipinski definition) is 1. The third-order valence-corrected chi connectivity index (χ3v) is 4.12. The van der Waals surface area contributed by atoms with Crippen molar-refractivity contribution in [3.63, 3.8) is 0 Å². The Morgan fingerprint density at radius 1 is 1.26 bits per heavy atom. The number of likely N-dealkylation sites (N-methyl/N-ethyl adjacent to an activating group) is 1. The molecule has 0 radical (unpaired) electrons. The first-order valence-corrected chi connectivity index (χ1v) is 8.63. The van der Waals surface area contributed by atoms with Gasteiger partial charge in [-0.25, -0.2) is 4.98 Å². The molecule has 27 heavy (non-hydrogen) atoms. The Labute approximate surface area is 161 Å². The van der Waals surface area contributed by atoms with Gasteiger partial charge in [0.1, 0.15) is 11.4 Å². The fraction of sp³-hybridized carbons (Fsp3) is 0.211. The predicted octanol–water partition coefficient (Wildman–Crippen LogP) is 2.43. The van der Waals surface area contributed by atoms with Gasteiger partial charge in [-0.1, -0.05) is 11.6 Å². The molecular weight excluding hydrogens is 368 g/mol. The van der Waals surface area contributed by atoms with Gasteiger partial charge in [-0.15, -0.1) is 0 Å². The van der Waals surface area contributed by atoms with Crippen molar-refractivity contribution in [2.75, 3.05) is 26.0 Å². The van der Waals surface area contributed by atoms with E-state index in [4.69, 9.17) is 16.3 Å². The quantitative estimate of drug-likeness (QED) is 0.704. The number of ether oxygens (including phenoxy) is 1. The van der Waals surface area contributed by atoms with Crippen LogP contribution in [0.2, 0.25) is 5.02 Å². The number of rotatable bonds is 6. The minimum Gasteiger partial charge on any atom is -0.497 e. The van der Waals surface area contributed by atoms with E-state index in [1.807, 2.05) is 0 Å². The number of nitrogens with zero attached hydrogens (tertiary/aromatic N) is 3. The zero-order chi connectivity index (χ0) is 19.4. The van der Waals surface area contributed by atoms with Crippen molar-refractivity contribution in [2.45, 2.75) is 6.54 Å². The standard InChI is InChI=1S/C19H19ClN4O3/c1-23(12-18(25)22-14-4-6-16(27-2)7-5-14)11-15-9-19(26)24-10-13(20)3-8-17(24)21-15/h3-10H,11-12H2,1-2H3,(H,22,25). The van der Waals surface area contributed by atoms with Gasteiger partial charge in [-0.05, 0) is 43.4 Å². The molecule has 0 unspecified atom stereocenters. The summed E-state index contributed by atoms with van der Waals surface area (Å²) in [5, 5.41) is 3.28. The Morgan fingerprint density at radius 3 is 2.70 bits per heavy atom. The fourth-order valence-corrected chi connectivity index (χ4v) is 2.82. The molecule has 0 atom stereocenters. The first-order valence-electron chi connectivity index (χ1n) is 8.25. The van der Waals surface area contributed by atoms with E-state index in [1.54, 1.807) is 55.5 Å². The minimum absolute atomic E-state index is 0.160. The molecule has 0 spiro atoms. The summed E-state index contributed by atoms with van der Waals surface area (Å²) in [7, 11) is 3.38. The largest absolute Gasteiger partial charge is 0.497 e. The maximum absolute atomic E-state index is 12.2. The summed E-state index contributed by atoms with van der Waals surface area (Å²) in [4.78, 5) is 30.6. The van der Waals surface area contributed by atoms with Crippen LogP contribution in [0.4, 0.5) is 5.69 Å². The molecule has 0 aliphatic heterocycles. The molecule has 2 aromatic heterocycles. The molecule has 0 bridgehead atoms. The maximum Gasteiger partial charge on any atom is 0.258 e. The molecular formula is C19H19ClN4O3. The lowest BCUT2D eigenvalue weighted by molar-refractivity contribution is -0.117. The van der Waals surface area contributed by atoms with E-state index >= 15 is 0 Å². The van der Waals surface area contributed by atoms with Crippen LogP contribution >= 0.6 is 11.6 Å². The second kappa shape index (κ2) is 8.20. The van der Waals surface area contributed by atoms with E-state index in [2.05, 4.69) is 10.3 Å². The Morgan fingerprint density at radius 2 is 2.00 bits per heavy atom. The average molecular weight is 387 g/mol. The van der Waals surface area contributed by atoms with Crippen LogP contribution in [-0.4, -0.2) is 40.9 Å². The van der Waals surface area contributed by atoms with Crippen molar-refractivity contribution in [2.24, 2.45) is 0 Å². The highest BCUT2D eigenvalue weighted by atomic mass is 35.5. The summed E-state index contributed by atoms with van der Waals surface area (Å²) in [6, 6.07) is 11.9. The number of anilines is 1. The van der Waals surface area contributed by atoms with Crippen molar-refractivity contribution < 1.29 is 9.53 Å². The van der Waals surface area contributed by atoms with Gasteiger partial charge in [-0.2, -0.15) is 0 Å². The molecule has 1 amide bonds. The van der Waals surface area contributed by atoms with Crippen molar-refractivity contribution in [1.29, 1.82) is 0 Å². The molecule has 0 aliphatic carbocycles. The van der Waals surface area contributed by atoms with Crippen LogP contribution in [0.25, 0.3) is 5.65 Å². The van der Waals surface area contributed by atoms with E-state index in [1.165, 1.54) is 16.7 Å². The third-order valence-electron chi connectivity index (χ3n) is 3.90. The van der Waals surface area contributed by atoms with Gasteiger partial charge >= 0.3 is 0 Å². The lowest BCUT2D eigenvalue weighted by atomic mass is 10.3. The first-order chi connectivity index (χ1) is 12.9. The van der Waals surface area contributed by atoms with Crippen LogP contribution in [-0.2, 0) is 11.3 Å². The Kier molecular flexibility index (Phi) is 5.73. The zero-order valence-electron chi connectivity index (χ0n) is 15.0. The van der Waals surface area contributed by atoms with E-state index in [-0.39, 0.29) is 18.0 Å². The minimum atomic E-state index is -0.214. The van der Waals surface area contributed by atoms with Gasteiger partial charge in [0.15, 0.2) is 0 Å². The Balaban J connectivity index is 1.63. The molecule has 140 valence electrons. The van der Waals surface area contributed by atoms with Crippen molar-refractivity contribution in [1.82, 2.24) is 14.3 Å². The molecule has 3 rings (SSSR count). The summed E-state index contributed by atoms with van der Waals surface area (Å²) in [5.41, 5.74) is 1.57. The van der Waals surface area contributed by atoms with Gasteiger partial charge in [0, 0.05) is 24.5 Å². The van der Waals surface area contributed by atoms with Crippen molar-refractivity contribution in [3.8, 4) is 5.75 Å². The van der Waals surface area contributed by atoms with Crippen LogP contribution in [0.3, 0.4) is 0 Å². The Hall–Kier alpha value is -2.90. The number of hydrogen-bond acceptors (Lipinski definition) is 5. The number of carbonyl (C=O) groups excluding carboxylic acids is 1. The summed E-state index contributed by atoms with van der Waals surface area (Å²) in [6.45, 7) is 0.526. The molecule has 7 nitrogen and oxygen atoms in total. The van der Waals surface area contributed by atoms with Gasteiger partial charge < -0.3 is 10.1 Å². The Bertz CT molecular complexity index is 1020. The number of amides is 1. The number of halogens is 1. The second-order valence-electron chi connectivity index (χ2n) is 6.11. The van der Waals surface area contributed by atoms with Gasteiger partial charge in [0.05, 0.1) is 24.4 Å². The van der Waals surface area contributed by atoms with Crippen LogP contribution in [0.5, 0.6) is 5.75 Å². The number of fused-ring (bicyclic) bond motifs is 1. The molecule has 2 heterocycles. The third kappa shape index (κ3) is 4.84. The van der Waals surface area contributed by atoms with Crippen LogP contribution in [0.15, 0.2) is 53.5 Å². The highest BCUT2D eigenvalue weighted by molar-refractivity contribution is 6.30. The molecule has 0 aliphatic rings. The summed E-state index contributed by atoms with van der Waals surface area (Å²) >= 11 is 5.91. The summed E-state index contributed by atoms with van der Waals surface area (Å²) < 4.78 is 6.48. The van der Waals surface area contributed by atoms with E-state index in [9.17, 15) is 9.59 Å².